The lowest BCUT2D eigenvalue weighted by Crippen LogP contribution is -2.20. The van der Waals surface area contributed by atoms with Gasteiger partial charge in [0.05, 0.1) is 16.8 Å². The summed E-state index contributed by atoms with van der Waals surface area (Å²) in [7, 11) is 1.87. The number of pyridine rings is 1. The van der Waals surface area contributed by atoms with Crippen molar-refractivity contribution < 1.29 is 4.39 Å². The van der Waals surface area contributed by atoms with Crippen LogP contribution in [0.4, 0.5) is 4.39 Å². The van der Waals surface area contributed by atoms with E-state index < -0.39 is 0 Å². The maximum Gasteiger partial charge on any atom is 0.123 e. The van der Waals surface area contributed by atoms with Gasteiger partial charge in [-0.25, -0.2) is 4.39 Å². The molecule has 2 rings (SSSR count). The van der Waals surface area contributed by atoms with Crippen LogP contribution in [0.3, 0.4) is 0 Å². The van der Waals surface area contributed by atoms with Gasteiger partial charge in [-0.15, -0.1) is 0 Å². The van der Waals surface area contributed by atoms with Crippen molar-refractivity contribution in [1.82, 2.24) is 10.3 Å². The van der Waals surface area contributed by atoms with Crippen LogP contribution in [-0.2, 0) is 6.42 Å². The van der Waals surface area contributed by atoms with Crippen LogP contribution in [-0.4, -0.2) is 12.0 Å². The molecule has 100 valence electrons. The average molecular weight is 279 g/mol. The third-order valence-corrected chi connectivity index (χ3v) is 3.51. The van der Waals surface area contributed by atoms with E-state index in [2.05, 4.69) is 10.3 Å². The quantitative estimate of drug-likeness (QED) is 0.923. The lowest BCUT2D eigenvalue weighted by Gasteiger charge is -2.18. The first-order valence-electron chi connectivity index (χ1n) is 6.14. The normalized spacial score (nSPS) is 12.4. The van der Waals surface area contributed by atoms with Crippen LogP contribution in [0.2, 0.25) is 5.02 Å². The highest BCUT2D eigenvalue weighted by Crippen LogP contribution is 2.24. The Morgan fingerprint density at radius 3 is 2.79 bits per heavy atom. The number of likely N-dealkylation sites (N-methyl/N-ethyl adjacent to an activating group) is 1. The molecule has 1 heterocycles. The fourth-order valence-electron chi connectivity index (χ4n) is 2.10. The van der Waals surface area contributed by atoms with Gasteiger partial charge in [0.15, 0.2) is 0 Å². The van der Waals surface area contributed by atoms with Crippen LogP contribution in [0.1, 0.15) is 22.9 Å². The third kappa shape index (κ3) is 3.31. The Morgan fingerprint density at radius 2 is 2.16 bits per heavy atom. The van der Waals surface area contributed by atoms with E-state index in [-0.39, 0.29) is 11.9 Å². The Labute approximate surface area is 117 Å². The first-order chi connectivity index (χ1) is 9.11. The minimum Gasteiger partial charge on any atom is -0.311 e. The second-order valence-corrected chi connectivity index (χ2v) is 4.89. The third-order valence-electron chi connectivity index (χ3n) is 3.19. The average Bonchev–Trinajstić information content (AvgIpc) is 2.39. The minimum atomic E-state index is -0.210. The van der Waals surface area contributed by atoms with Gasteiger partial charge < -0.3 is 5.32 Å². The molecule has 0 amide bonds. The number of hydrogen-bond donors (Lipinski definition) is 1. The zero-order valence-electron chi connectivity index (χ0n) is 11.0. The number of benzene rings is 1. The molecule has 0 saturated carbocycles. The van der Waals surface area contributed by atoms with Crippen molar-refractivity contribution in [2.45, 2.75) is 19.4 Å². The monoisotopic (exact) mass is 278 g/mol. The highest BCUT2D eigenvalue weighted by atomic mass is 35.5. The topological polar surface area (TPSA) is 24.9 Å². The summed E-state index contributed by atoms with van der Waals surface area (Å²) in [6, 6.07) is 8.48. The molecule has 1 atom stereocenters. The van der Waals surface area contributed by atoms with E-state index in [1.165, 1.54) is 6.07 Å². The molecule has 2 nitrogen and oxygen atoms in total. The van der Waals surface area contributed by atoms with Crippen molar-refractivity contribution in [3.63, 3.8) is 0 Å². The number of aryl methyl sites for hydroxylation is 1. The summed E-state index contributed by atoms with van der Waals surface area (Å²) >= 11 is 6.17. The van der Waals surface area contributed by atoms with E-state index in [0.717, 1.165) is 23.2 Å². The van der Waals surface area contributed by atoms with Crippen molar-refractivity contribution >= 4 is 11.6 Å². The van der Waals surface area contributed by atoms with Gasteiger partial charge >= 0.3 is 0 Å². The molecule has 2 aromatic rings. The molecule has 0 radical (unpaired) electrons. The van der Waals surface area contributed by atoms with Crippen LogP contribution >= 0.6 is 11.6 Å². The number of rotatable bonds is 4. The molecule has 0 bridgehead atoms. The Balaban J connectivity index is 2.27. The van der Waals surface area contributed by atoms with E-state index in [1.54, 1.807) is 12.3 Å². The van der Waals surface area contributed by atoms with E-state index >= 15 is 0 Å². The van der Waals surface area contributed by atoms with Crippen LogP contribution in [0, 0.1) is 12.7 Å². The smallest absolute Gasteiger partial charge is 0.123 e. The van der Waals surface area contributed by atoms with Crippen LogP contribution in [0.5, 0.6) is 0 Å². The Hall–Kier alpha value is -1.45. The number of aromatic nitrogens is 1. The van der Waals surface area contributed by atoms with Crippen LogP contribution < -0.4 is 5.32 Å². The highest BCUT2D eigenvalue weighted by molar-refractivity contribution is 6.31. The minimum absolute atomic E-state index is 0.0119. The molecule has 0 fully saturated rings. The van der Waals surface area contributed by atoms with E-state index in [1.807, 2.05) is 32.2 Å². The van der Waals surface area contributed by atoms with Crippen LogP contribution in [0.15, 0.2) is 36.5 Å². The first-order valence-corrected chi connectivity index (χ1v) is 6.52. The van der Waals surface area contributed by atoms with Crippen molar-refractivity contribution in [2.75, 3.05) is 7.05 Å². The Bertz CT molecular complexity index is 572. The highest BCUT2D eigenvalue weighted by Gasteiger charge is 2.15. The van der Waals surface area contributed by atoms with Gasteiger partial charge in [0, 0.05) is 6.20 Å². The van der Waals surface area contributed by atoms with E-state index in [4.69, 9.17) is 11.6 Å². The molecule has 1 aromatic carbocycles. The van der Waals surface area contributed by atoms with Gasteiger partial charge in [-0.1, -0.05) is 17.7 Å². The molecule has 0 spiro atoms. The summed E-state index contributed by atoms with van der Waals surface area (Å²) in [5, 5.41) is 3.85. The fraction of sp³-hybridized carbons (Fsp3) is 0.267. The number of hydrogen-bond acceptors (Lipinski definition) is 2. The molecular weight excluding hydrogens is 263 g/mol. The molecule has 4 heteroatoms. The van der Waals surface area contributed by atoms with Gasteiger partial charge in [-0.2, -0.15) is 0 Å². The zero-order chi connectivity index (χ0) is 13.8. The SMILES string of the molecule is CNC(Cc1ccc(F)cc1C)c1ncccc1Cl. The van der Waals surface area contributed by atoms with Gasteiger partial charge in [0.2, 0.25) is 0 Å². The second kappa shape index (κ2) is 6.13. The zero-order valence-corrected chi connectivity index (χ0v) is 11.7. The summed E-state index contributed by atoms with van der Waals surface area (Å²) in [6.45, 7) is 1.91. The summed E-state index contributed by atoms with van der Waals surface area (Å²) in [4.78, 5) is 4.32. The largest absolute Gasteiger partial charge is 0.311 e. The Kier molecular flexibility index (Phi) is 4.51. The lowest BCUT2D eigenvalue weighted by atomic mass is 9.99. The van der Waals surface area contributed by atoms with E-state index in [9.17, 15) is 4.39 Å². The number of nitrogens with one attached hydrogen (secondary N) is 1. The summed E-state index contributed by atoms with van der Waals surface area (Å²) in [5.41, 5.74) is 2.84. The molecule has 1 N–H and O–H groups in total. The van der Waals surface area contributed by atoms with Gasteiger partial charge in [0.1, 0.15) is 5.82 Å². The predicted molar refractivity (Wildman–Crippen MR) is 75.9 cm³/mol. The van der Waals surface area contributed by atoms with Gasteiger partial charge in [-0.3, -0.25) is 4.98 Å². The molecule has 0 aliphatic carbocycles. The van der Waals surface area contributed by atoms with Crippen molar-refractivity contribution in [3.8, 4) is 0 Å². The van der Waals surface area contributed by atoms with Gasteiger partial charge in [0.25, 0.3) is 0 Å². The lowest BCUT2D eigenvalue weighted by molar-refractivity contribution is 0.572. The maximum absolute atomic E-state index is 13.1. The van der Waals surface area contributed by atoms with Crippen molar-refractivity contribution in [2.24, 2.45) is 0 Å². The van der Waals surface area contributed by atoms with Crippen LogP contribution in [0.25, 0.3) is 0 Å². The molecule has 0 aliphatic heterocycles. The first kappa shape index (κ1) is 14.0. The number of nitrogens with zero attached hydrogens (tertiary/aromatic N) is 1. The second-order valence-electron chi connectivity index (χ2n) is 4.49. The van der Waals surface area contributed by atoms with Crippen molar-refractivity contribution in [3.05, 3.63) is 64.2 Å². The maximum atomic E-state index is 13.1. The molecule has 0 saturated heterocycles. The van der Waals surface area contributed by atoms with Gasteiger partial charge in [-0.05, 0) is 55.8 Å². The molecular formula is C15H16ClFN2. The van der Waals surface area contributed by atoms with Crippen molar-refractivity contribution in [1.29, 1.82) is 0 Å². The molecule has 1 aromatic heterocycles. The molecule has 1 unspecified atom stereocenters. The standard InChI is InChI=1S/C15H16ClFN2/c1-10-8-12(17)6-5-11(10)9-14(18-2)15-13(16)4-3-7-19-15/h3-8,14,18H,9H2,1-2H3. The van der Waals surface area contributed by atoms with E-state index in [0.29, 0.717) is 5.02 Å². The fourth-order valence-corrected chi connectivity index (χ4v) is 2.35. The number of halogens is 2. The molecule has 0 aliphatic rings. The summed E-state index contributed by atoms with van der Waals surface area (Å²) in [6.07, 6.45) is 2.45. The Morgan fingerprint density at radius 1 is 1.37 bits per heavy atom. The summed E-state index contributed by atoms with van der Waals surface area (Å²) < 4.78 is 13.1. The summed E-state index contributed by atoms with van der Waals surface area (Å²) in [5.74, 6) is -0.210. The molecule has 19 heavy (non-hydrogen) atoms. The predicted octanol–water partition coefficient (Wildman–Crippen LogP) is 3.69.